The number of benzene rings is 1. The molecule has 4 nitrogen and oxygen atoms in total. The second kappa shape index (κ2) is 10.4. The lowest BCUT2D eigenvalue weighted by Gasteiger charge is -2.06. The van der Waals surface area contributed by atoms with Gasteiger partial charge in [0.2, 0.25) is 0 Å². The Hall–Kier alpha value is -3.01. The van der Waals surface area contributed by atoms with E-state index in [1.807, 2.05) is 0 Å². The summed E-state index contributed by atoms with van der Waals surface area (Å²) in [6.07, 6.45) is 1.45. The van der Waals surface area contributed by atoms with Crippen LogP contribution < -0.4 is 10.6 Å². The largest absolute Gasteiger partial charge is 0.416 e. The molecule has 0 aliphatic carbocycles. The van der Waals surface area contributed by atoms with E-state index in [-0.39, 0.29) is 6.03 Å². The predicted octanol–water partition coefficient (Wildman–Crippen LogP) is 5.20. The van der Waals surface area contributed by atoms with E-state index in [1.54, 1.807) is 12.1 Å². The standard InChI is InChI=1S/C21H22F3N3O/c1-2-3-4-5-14-25-20(28)27-19-13-10-17(15-26-19)7-6-16-8-11-18(12-9-16)21(22,23)24/h8-13,15H,2-5,14H2,1H3,(H2,25,26,27,28). The molecule has 2 N–H and O–H groups in total. The number of pyridine rings is 1. The number of unbranched alkanes of at least 4 members (excludes halogenated alkanes) is 3. The van der Waals surface area contributed by atoms with Gasteiger partial charge in [-0.2, -0.15) is 13.2 Å². The van der Waals surface area contributed by atoms with E-state index >= 15 is 0 Å². The number of nitrogens with one attached hydrogen (secondary N) is 2. The highest BCUT2D eigenvalue weighted by Crippen LogP contribution is 2.28. The molecule has 0 aliphatic rings. The summed E-state index contributed by atoms with van der Waals surface area (Å²) in [6, 6.07) is 7.63. The highest BCUT2D eigenvalue weighted by Gasteiger charge is 2.29. The second-order valence-corrected chi connectivity index (χ2v) is 6.20. The van der Waals surface area contributed by atoms with E-state index in [0.29, 0.717) is 23.5 Å². The zero-order chi connectivity index (χ0) is 20.4. The van der Waals surface area contributed by atoms with Crippen LogP contribution in [-0.4, -0.2) is 17.6 Å². The van der Waals surface area contributed by atoms with Gasteiger partial charge in [-0.3, -0.25) is 5.32 Å². The Kier molecular flexibility index (Phi) is 7.88. The van der Waals surface area contributed by atoms with Crippen LogP contribution in [0, 0.1) is 11.8 Å². The monoisotopic (exact) mass is 389 g/mol. The predicted molar refractivity (Wildman–Crippen MR) is 103 cm³/mol. The first-order valence-corrected chi connectivity index (χ1v) is 9.08. The molecular formula is C21H22F3N3O. The van der Waals surface area contributed by atoms with Gasteiger partial charge in [-0.15, -0.1) is 0 Å². The Labute approximate surface area is 162 Å². The van der Waals surface area contributed by atoms with Crippen molar-refractivity contribution in [3.63, 3.8) is 0 Å². The number of aromatic nitrogens is 1. The van der Waals surface area contributed by atoms with Gasteiger partial charge in [0.05, 0.1) is 5.56 Å². The van der Waals surface area contributed by atoms with Crippen LogP contribution >= 0.6 is 0 Å². The quantitative estimate of drug-likeness (QED) is 0.527. The normalized spacial score (nSPS) is 10.7. The van der Waals surface area contributed by atoms with Crippen LogP contribution in [0.15, 0.2) is 42.6 Å². The number of rotatable bonds is 6. The third-order valence-electron chi connectivity index (χ3n) is 3.88. The van der Waals surface area contributed by atoms with Crippen molar-refractivity contribution in [1.82, 2.24) is 10.3 Å². The Balaban J connectivity index is 1.86. The number of hydrogen-bond donors (Lipinski definition) is 2. The molecule has 0 saturated carbocycles. The molecule has 2 rings (SSSR count). The lowest BCUT2D eigenvalue weighted by atomic mass is 10.1. The first-order valence-electron chi connectivity index (χ1n) is 9.08. The topological polar surface area (TPSA) is 54.0 Å². The lowest BCUT2D eigenvalue weighted by Crippen LogP contribution is -2.29. The van der Waals surface area contributed by atoms with E-state index in [2.05, 4.69) is 34.4 Å². The molecule has 7 heteroatoms. The van der Waals surface area contributed by atoms with Crippen LogP contribution in [0.4, 0.5) is 23.8 Å². The van der Waals surface area contributed by atoms with Crippen LogP contribution in [0.3, 0.4) is 0 Å². The summed E-state index contributed by atoms with van der Waals surface area (Å²) in [6.45, 7) is 2.74. The molecule has 0 radical (unpaired) electrons. The SMILES string of the molecule is CCCCCCNC(=O)Nc1ccc(C#Cc2ccc(C(F)(F)F)cc2)cn1. The molecule has 148 valence electrons. The molecule has 1 heterocycles. The van der Waals surface area contributed by atoms with Gasteiger partial charge >= 0.3 is 12.2 Å². The van der Waals surface area contributed by atoms with E-state index in [9.17, 15) is 18.0 Å². The minimum absolute atomic E-state index is 0.312. The molecule has 2 aromatic rings. The first kappa shape index (κ1) is 21.3. The molecule has 1 aromatic carbocycles. The van der Waals surface area contributed by atoms with E-state index in [0.717, 1.165) is 37.8 Å². The number of nitrogens with zero attached hydrogens (tertiary/aromatic N) is 1. The molecule has 0 aliphatic heterocycles. The summed E-state index contributed by atoms with van der Waals surface area (Å²) in [7, 11) is 0. The van der Waals surface area contributed by atoms with Gasteiger partial charge in [0, 0.05) is 23.9 Å². The number of carbonyl (C=O) groups excluding carboxylic acids is 1. The van der Waals surface area contributed by atoms with Crippen LogP contribution in [-0.2, 0) is 6.18 Å². The number of anilines is 1. The van der Waals surface area contributed by atoms with Crippen molar-refractivity contribution >= 4 is 11.8 Å². The summed E-state index contributed by atoms with van der Waals surface area (Å²) >= 11 is 0. The molecule has 0 unspecified atom stereocenters. The average molecular weight is 389 g/mol. The van der Waals surface area contributed by atoms with E-state index < -0.39 is 11.7 Å². The van der Waals surface area contributed by atoms with Crippen molar-refractivity contribution in [2.24, 2.45) is 0 Å². The fourth-order valence-electron chi connectivity index (χ4n) is 2.34. The second-order valence-electron chi connectivity index (χ2n) is 6.20. The number of amides is 2. The first-order chi connectivity index (χ1) is 13.4. The van der Waals surface area contributed by atoms with Crippen molar-refractivity contribution in [2.45, 2.75) is 38.8 Å². The van der Waals surface area contributed by atoms with Gasteiger partial charge in [0.15, 0.2) is 0 Å². The number of hydrogen-bond acceptors (Lipinski definition) is 2. The number of halogens is 3. The molecule has 28 heavy (non-hydrogen) atoms. The zero-order valence-corrected chi connectivity index (χ0v) is 15.6. The highest BCUT2D eigenvalue weighted by atomic mass is 19.4. The minimum atomic E-state index is -4.36. The molecule has 0 bridgehead atoms. The molecule has 0 spiro atoms. The maximum absolute atomic E-state index is 12.5. The Bertz CT molecular complexity index is 819. The van der Waals surface area contributed by atoms with Crippen LogP contribution in [0.25, 0.3) is 0 Å². The van der Waals surface area contributed by atoms with Crippen molar-refractivity contribution in [3.05, 3.63) is 59.3 Å². The van der Waals surface area contributed by atoms with Gasteiger partial charge in [-0.25, -0.2) is 9.78 Å². The van der Waals surface area contributed by atoms with Gasteiger partial charge in [0.1, 0.15) is 5.82 Å². The molecular weight excluding hydrogens is 367 g/mol. The highest BCUT2D eigenvalue weighted by molar-refractivity contribution is 5.88. The number of alkyl halides is 3. The van der Waals surface area contributed by atoms with Crippen molar-refractivity contribution < 1.29 is 18.0 Å². The zero-order valence-electron chi connectivity index (χ0n) is 15.6. The van der Waals surface area contributed by atoms with E-state index in [1.165, 1.54) is 18.3 Å². The summed E-state index contributed by atoms with van der Waals surface area (Å²) < 4.78 is 37.6. The lowest BCUT2D eigenvalue weighted by molar-refractivity contribution is -0.137. The Morgan fingerprint density at radius 2 is 1.68 bits per heavy atom. The van der Waals surface area contributed by atoms with Crippen LogP contribution in [0.2, 0.25) is 0 Å². The minimum Gasteiger partial charge on any atom is -0.338 e. The smallest absolute Gasteiger partial charge is 0.338 e. The van der Waals surface area contributed by atoms with Crippen LogP contribution in [0.5, 0.6) is 0 Å². The number of urea groups is 1. The van der Waals surface area contributed by atoms with Crippen molar-refractivity contribution in [2.75, 3.05) is 11.9 Å². The molecule has 1 aromatic heterocycles. The Morgan fingerprint density at radius 1 is 1.00 bits per heavy atom. The van der Waals surface area contributed by atoms with Gasteiger partial charge in [-0.05, 0) is 42.8 Å². The van der Waals surface area contributed by atoms with Crippen LogP contribution in [0.1, 0.15) is 49.3 Å². The maximum Gasteiger partial charge on any atom is 0.416 e. The van der Waals surface area contributed by atoms with E-state index in [4.69, 9.17) is 0 Å². The van der Waals surface area contributed by atoms with Gasteiger partial charge in [0.25, 0.3) is 0 Å². The third kappa shape index (κ3) is 7.31. The Morgan fingerprint density at radius 3 is 2.29 bits per heavy atom. The molecule has 0 atom stereocenters. The summed E-state index contributed by atoms with van der Waals surface area (Å²) in [5, 5.41) is 5.41. The molecule has 0 fully saturated rings. The van der Waals surface area contributed by atoms with Gasteiger partial charge < -0.3 is 5.32 Å². The summed E-state index contributed by atoms with van der Waals surface area (Å²) in [4.78, 5) is 15.9. The number of carbonyl (C=O) groups is 1. The molecule has 2 amide bonds. The van der Waals surface area contributed by atoms with Crippen molar-refractivity contribution in [1.29, 1.82) is 0 Å². The average Bonchev–Trinajstić information content (AvgIpc) is 2.67. The summed E-state index contributed by atoms with van der Waals surface area (Å²) in [5.41, 5.74) is 0.349. The fraction of sp³-hybridized carbons (Fsp3) is 0.333. The van der Waals surface area contributed by atoms with Gasteiger partial charge in [-0.1, -0.05) is 38.0 Å². The fourth-order valence-corrected chi connectivity index (χ4v) is 2.34. The maximum atomic E-state index is 12.5. The summed E-state index contributed by atoms with van der Waals surface area (Å²) in [5.74, 6) is 6.01. The van der Waals surface area contributed by atoms with Crippen molar-refractivity contribution in [3.8, 4) is 11.8 Å². The third-order valence-corrected chi connectivity index (χ3v) is 3.88. The molecule has 0 saturated heterocycles.